The molecule has 0 bridgehead atoms. The molecule has 0 radical (unpaired) electrons. The lowest BCUT2D eigenvalue weighted by Gasteiger charge is -2.18. The number of fused-ring (bicyclic) bond motifs is 1. The summed E-state index contributed by atoms with van der Waals surface area (Å²) < 4.78 is 0. The lowest BCUT2D eigenvalue weighted by Crippen LogP contribution is -2.30. The van der Waals surface area contributed by atoms with Crippen molar-refractivity contribution in [3.05, 3.63) is 95.8 Å². The van der Waals surface area contributed by atoms with Crippen LogP contribution in [0.1, 0.15) is 27.8 Å². The summed E-state index contributed by atoms with van der Waals surface area (Å²) in [6.07, 6.45) is 0. The van der Waals surface area contributed by atoms with Crippen LogP contribution in [0.25, 0.3) is 11.0 Å². The third-order valence-electron chi connectivity index (χ3n) is 4.71. The molecule has 3 aromatic carbocycles. The van der Waals surface area contributed by atoms with Gasteiger partial charge in [-0.3, -0.25) is 4.79 Å². The molecule has 0 aliphatic rings. The van der Waals surface area contributed by atoms with Gasteiger partial charge in [0.05, 0.1) is 11.0 Å². The Labute approximate surface area is 164 Å². The van der Waals surface area contributed by atoms with Crippen LogP contribution in [0, 0.1) is 0 Å². The molecule has 4 aromatic rings. The van der Waals surface area contributed by atoms with Gasteiger partial charge in [-0.05, 0) is 35.9 Å². The number of aromatic amines is 1. The number of H-pyrrole nitrogens is 1. The van der Waals surface area contributed by atoms with E-state index >= 15 is 0 Å². The minimum atomic E-state index is -0.371. The Morgan fingerprint density at radius 1 is 0.964 bits per heavy atom. The highest BCUT2D eigenvalue weighted by Gasteiger charge is 2.21. The Kier molecular flexibility index (Phi) is 4.81. The summed E-state index contributed by atoms with van der Waals surface area (Å²) in [5, 5.41) is 3.14. The van der Waals surface area contributed by atoms with Gasteiger partial charge in [-0.25, -0.2) is 4.98 Å². The number of amides is 1. The summed E-state index contributed by atoms with van der Waals surface area (Å²) in [5.74, 6) is 0.572. The van der Waals surface area contributed by atoms with Gasteiger partial charge < -0.3 is 15.2 Å². The van der Waals surface area contributed by atoms with E-state index in [9.17, 15) is 4.79 Å². The number of hydrogen-bond acceptors (Lipinski definition) is 3. The second kappa shape index (κ2) is 7.56. The molecule has 1 unspecified atom stereocenters. The van der Waals surface area contributed by atoms with Gasteiger partial charge in [0.2, 0.25) is 0 Å². The molecule has 5 nitrogen and oxygen atoms in total. The van der Waals surface area contributed by atoms with Crippen molar-refractivity contribution in [1.29, 1.82) is 0 Å². The van der Waals surface area contributed by atoms with Gasteiger partial charge in [-0.2, -0.15) is 0 Å². The molecular weight excluding hydrogens is 348 g/mol. The first-order valence-corrected chi connectivity index (χ1v) is 9.19. The average molecular weight is 370 g/mol. The number of carbonyl (C=O) groups excluding carboxylic acids is 1. The molecule has 1 heterocycles. The number of hydrogen-bond donors (Lipinski definition) is 2. The molecule has 1 aromatic heterocycles. The number of anilines is 1. The zero-order valence-corrected chi connectivity index (χ0v) is 15.9. The largest absolute Gasteiger partial charge is 0.378 e. The first kappa shape index (κ1) is 17.8. The molecule has 0 fully saturated rings. The molecule has 28 heavy (non-hydrogen) atoms. The van der Waals surface area contributed by atoms with Gasteiger partial charge in [0, 0.05) is 25.3 Å². The van der Waals surface area contributed by atoms with Crippen LogP contribution < -0.4 is 10.2 Å². The molecule has 1 amide bonds. The molecule has 140 valence electrons. The predicted molar refractivity (Wildman–Crippen MR) is 113 cm³/mol. The molecule has 4 rings (SSSR count). The number of carbonyl (C=O) groups is 1. The molecule has 0 saturated heterocycles. The Morgan fingerprint density at radius 2 is 1.71 bits per heavy atom. The van der Waals surface area contributed by atoms with E-state index in [1.165, 1.54) is 0 Å². The van der Waals surface area contributed by atoms with Crippen LogP contribution in [-0.2, 0) is 0 Å². The highest BCUT2D eigenvalue weighted by molar-refractivity contribution is 5.95. The van der Waals surface area contributed by atoms with Crippen molar-refractivity contribution >= 4 is 22.6 Å². The zero-order chi connectivity index (χ0) is 19.5. The highest BCUT2D eigenvalue weighted by Crippen LogP contribution is 2.23. The van der Waals surface area contributed by atoms with Crippen molar-refractivity contribution in [2.24, 2.45) is 0 Å². The normalized spacial score (nSPS) is 11.9. The van der Waals surface area contributed by atoms with Crippen molar-refractivity contribution in [2.45, 2.75) is 6.04 Å². The molecule has 2 N–H and O–H groups in total. The van der Waals surface area contributed by atoms with Crippen molar-refractivity contribution in [1.82, 2.24) is 15.3 Å². The Balaban J connectivity index is 1.70. The molecular formula is C23H22N4O. The van der Waals surface area contributed by atoms with Crippen LogP contribution in [-0.4, -0.2) is 30.0 Å². The van der Waals surface area contributed by atoms with Gasteiger partial charge in [0.1, 0.15) is 11.9 Å². The van der Waals surface area contributed by atoms with Crippen LogP contribution in [0.2, 0.25) is 0 Å². The van der Waals surface area contributed by atoms with E-state index in [4.69, 9.17) is 4.98 Å². The van der Waals surface area contributed by atoms with Gasteiger partial charge >= 0.3 is 0 Å². The summed E-state index contributed by atoms with van der Waals surface area (Å²) in [5.41, 5.74) is 4.39. The number of benzene rings is 3. The Bertz CT molecular complexity index is 1070. The average Bonchev–Trinajstić information content (AvgIpc) is 3.16. The van der Waals surface area contributed by atoms with Gasteiger partial charge in [-0.1, -0.05) is 48.5 Å². The molecule has 0 aliphatic carbocycles. The number of nitrogens with zero attached hydrogens (tertiary/aromatic N) is 2. The zero-order valence-electron chi connectivity index (χ0n) is 15.9. The molecule has 0 aliphatic heterocycles. The fourth-order valence-corrected chi connectivity index (χ4v) is 3.20. The predicted octanol–water partition coefficient (Wildman–Crippen LogP) is 4.15. The maximum Gasteiger partial charge on any atom is 0.252 e. The van der Waals surface area contributed by atoms with Crippen molar-refractivity contribution in [3.63, 3.8) is 0 Å². The van der Waals surface area contributed by atoms with E-state index in [-0.39, 0.29) is 11.9 Å². The van der Waals surface area contributed by atoms with Crippen LogP contribution in [0.15, 0.2) is 78.9 Å². The molecule has 0 spiro atoms. The monoisotopic (exact) mass is 370 g/mol. The molecule has 0 saturated carbocycles. The second-order valence-corrected chi connectivity index (χ2v) is 6.90. The quantitative estimate of drug-likeness (QED) is 0.555. The fraction of sp³-hybridized carbons (Fsp3) is 0.130. The van der Waals surface area contributed by atoms with E-state index in [1.54, 1.807) is 0 Å². The summed E-state index contributed by atoms with van der Waals surface area (Å²) in [4.78, 5) is 23.0. The van der Waals surface area contributed by atoms with E-state index in [0.29, 0.717) is 11.4 Å². The van der Waals surface area contributed by atoms with Crippen molar-refractivity contribution < 1.29 is 4.79 Å². The summed E-state index contributed by atoms with van der Waals surface area (Å²) in [6, 6.07) is 24.9. The maximum absolute atomic E-state index is 13.0. The minimum Gasteiger partial charge on any atom is -0.378 e. The van der Waals surface area contributed by atoms with Crippen molar-refractivity contribution in [3.8, 4) is 0 Å². The van der Waals surface area contributed by atoms with Gasteiger partial charge in [0.15, 0.2) is 0 Å². The Hall–Kier alpha value is -3.60. The smallest absolute Gasteiger partial charge is 0.252 e. The summed E-state index contributed by atoms with van der Waals surface area (Å²) in [6.45, 7) is 0. The molecule has 5 heteroatoms. The second-order valence-electron chi connectivity index (χ2n) is 6.90. The minimum absolute atomic E-state index is 0.141. The van der Waals surface area contributed by atoms with E-state index < -0.39 is 0 Å². The van der Waals surface area contributed by atoms with Gasteiger partial charge in [0.25, 0.3) is 5.91 Å². The maximum atomic E-state index is 13.0. The first-order valence-electron chi connectivity index (χ1n) is 9.19. The lowest BCUT2D eigenvalue weighted by molar-refractivity contribution is 0.0941. The van der Waals surface area contributed by atoms with Crippen LogP contribution in [0.5, 0.6) is 0 Å². The fourth-order valence-electron chi connectivity index (χ4n) is 3.20. The summed E-state index contributed by atoms with van der Waals surface area (Å²) in [7, 11) is 3.91. The first-order chi connectivity index (χ1) is 13.6. The van der Waals surface area contributed by atoms with Crippen LogP contribution >= 0.6 is 0 Å². The number of para-hydroxylation sites is 2. The third kappa shape index (κ3) is 3.60. The Morgan fingerprint density at radius 3 is 2.46 bits per heavy atom. The van der Waals surface area contributed by atoms with E-state index in [0.717, 1.165) is 22.3 Å². The number of imidazole rings is 1. The van der Waals surface area contributed by atoms with Crippen molar-refractivity contribution in [2.75, 3.05) is 19.0 Å². The topological polar surface area (TPSA) is 61.0 Å². The van der Waals surface area contributed by atoms with Gasteiger partial charge in [-0.15, -0.1) is 0 Å². The number of rotatable bonds is 5. The third-order valence-corrected chi connectivity index (χ3v) is 4.71. The van der Waals surface area contributed by atoms with E-state index in [2.05, 4.69) is 10.3 Å². The molecule has 1 atom stereocenters. The summed E-state index contributed by atoms with van der Waals surface area (Å²) >= 11 is 0. The van der Waals surface area contributed by atoms with E-state index in [1.807, 2.05) is 97.9 Å². The number of aromatic nitrogens is 2. The highest BCUT2D eigenvalue weighted by atomic mass is 16.1. The number of nitrogens with one attached hydrogen (secondary N) is 2. The standard InChI is InChI=1S/C23H22N4O/c1-27(2)18-12-8-11-17(15-18)23(28)26-21(16-9-4-3-5-10-16)22-24-19-13-6-7-14-20(19)25-22/h3-15,21H,1-2H3,(H,24,25)(H,26,28). The lowest BCUT2D eigenvalue weighted by atomic mass is 10.1. The van der Waals surface area contributed by atoms with Crippen LogP contribution in [0.4, 0.5) is 5.69 Å². The van der Waals surface area contributed by atoms with Crippen LogP contribution in [0.3, 0.4) is 0 Å². The SMILES string of the molecule is CN(C)c1cccc(C(=O)NC(c2ccccc2)c2nc3ccccc3[nH]2)c1.